The second kappa shape index (κ2) is 12.8. The highest BCUT2D eigenvalue weighted by Crippen LogP contribution is 2.44. The minimum atomic E-state index is -0.558. The Bertz CT molecular complexity index is 1560. The maximum Gasteiger partial charge on any atom is 0.318 e. The molecule has 0 bridgehead atoms. The zero-order valence-corrected chi connectivity index (χ0v) is 26.5. The van der Waals surface area contributed by atoms with Crippen LogP contribution in [0.2, 0.25) is 5.02 Å². The minimum Gasteiger partial charge on any atom is -0.462 e. The van der Waals surface area contributed by atoms with Crippen molar-refractivity contribution in [3.05, 3.63) is 46.4 Å². The van der Waals surface area contributed by atoms with E-state index in [2.05, 4.69) is 29.5 Å². The number of carbonyl (C=O) groups is 2. The number of hydrogen-bond acceptors (Lipinski definition) is 9. The first-order valence-electron chi connectivity index (χ1n) is 15.5. The normalized spacial score (nSPS) is 21.8. The van der Waals surface area contributed by atoms with Gasteiger partial charge < -0.3 is 29.2 Å². The number of likely N-dealkylation sites (tertiary alicyclic amines) is 1. The van der Waals surface area contributed by atoms with Gasteiger partial charge in [0.2, 0.25) is 11.8 Å². The molecular formula is C32H38ClFN8O3. The molecule has 2 saturated heterocycles. The molecule has 1 aromatic carbocycles. The maximum atomic E-state index is 15.8. The molecule has 6 rings (SSSR count). The molecular weight excluding hydrogens is 599 g/mol. The summed E-state index contributed by atoms with van der Waals surface area (Å²) in [7, 11) is 3.76. The molecule has 0 unspecified atom stereocenters. The van der Waals surface area contributed by atoms with Crippen LogP contribution in [0.3, 0.4) is 0 Å². The smallest absolute Gasteiger partial charge is 0.318 e. The van der Waals surface area contributed by atoms with E-state index >= 15 is 4.39 Å². The number of nitriles is 1. The summed E-state index contributed by atoms with van der Waals surface area (Å²) in [4.78, 5) is 44.5. The third-order valence-corrected chi connectivity index (χ3v) is 9.82. The molecule has 2 atom stereocenters. The Morgan fingerprint density at radius 3 is 2.71 bits per heavy atom. The molecule has 13 heteroatoms. The molecule has 4 aliphatic heterocycles. The van der Waals surface area contributed by atoms with E-state index in [1.807, 2.05) is 4.90 Å². The number of halogens is 2. The van der Waals surface area contributed by atoms with Crippen molar-refractivity contribution < 1.29 is 18.7 Å². The van der Waals surface area contributed by atoms with E-state index in [4.69, 9.17) is 26.3 Å². The number of benzene rings is 1. The van der Waals surface area contributed by atoms with Gasteiger partial charge in [-0.15, -0.1) is 0 Å². The predicted octanol–water partition coefficient (Wildman–Crippen LogP) is 3.33. The number of ether oxygens (including phenoxy) is 1. The van der Waals surface area contributed by atoms with Crippen molar-refractivity contribution in [1.29, 1.82) is 5.26 Å². The molecule has 2 aromatic rings. The van der Waals surface area contributed by atoms with E-state index in [0.29, 0.717) is 74.9 Å². The lowest BCUT2D eigenvalue weighted by molar-refractivity contribution is -0.128. The second-order valence-electron chi connectivity index (χ2n) is 12.2. The first kappa shape index (κ1) is 31.0. The van der Waals surface area contributed by atoms with Gasteiger partial charge in [0.25, 0.3) is 0 Å². The fourth-order valence-electron chi connectivity index (χ4n) is 7.04. The summed E-state index contributed by atoms with van der Waals surface area (Å²) >= 11 is 6.39. The summed E-state index contributed by atoms with van der Waals surface area (Å²) in [6, 6.07) is 4.02. The number of fused-ring (bicyclic) bond motifs is 2. The summed E-state index contributed by atoms with van der Waals surface area (Å²) < 4.78 is 22.1. The van der Waals surface area contributed by atoms with Crippen molar-refractivity contribution in [2.45, 2.75) is 57.2 Å². The van der Waals surface area contributed by atoms with E-state index in [1.54, 1.807) is 18.0 Å². The summed E-state index contributed by atoms with van der Waals surface area (Å²) in [6.45, 7) is 7.17. The molecule has 0 spiro atoms. The molecule has 0 saturated carbocycles. The second-order valence-corrected chi connectivity index (χ2v) is 12.6. The predicted molar refractivity (Wildman–Crippen MR) is 169 cm³/mol. The van der Waals surface area contributed by atoms with Crippen LogP contribution in [0.25, 0.3) is 0 Å². The lowest BCUT2D eigenvalue weighted by Crippen LogP contribution is -2.55. The van der Waals surface area contributed by atoms with Crippen molar-refractivity contribution in [3.63, 3.8) is 0 Å². The van der Waals surface area contributed by atoms with Crippen LogP contribution in [-0.4, -0.2) is 97.1 Å². The van der Waals surface area contributed by atoms with Crippen molar-refractivity contribution in [2.75, 3.05) is 68.1 Å². The number of anilines is 3. The van der Waals surface area contributed by atoms with Gasteiger partial charge in [-0.3, -0.25) is 9.59 Å². The monoisotopic (exact) mass is 636 g/mol. The zero-order valence-electron chi connectivity index (χ0n) is 25.8. The van der Waals surface area contributed by atoms with Gasteiger partial charge in [-0.2, -0.15) is 15.2 Å². The highest BCUT2D eigenvalue weighted by molar-refractivity contribution is 6.31. The Morgan fingerprint density at radius 2 is 1.98 bits per heavy atom. The van der Waals surface area contributed by atoms with E-state index in [1.165, 1.54) is 11.0 Å². The van der Waals surface area contributed by atoms with Gasteiger partial charge in [0.15, 0.2) is 5.82 Å². The Balaban J connectivity index is 1.36. The van der Waals surface area contributed by atoms with E-state index < -0.39 is 5.82 Å². The molecule has 1 aromatic heterocycles. The largest absolute Gasteiger partial charge is 0.462 e. The molecule has 5 heterocycles. The van der Waals surface area contributed by atoms with Gasteiger partial charge in [-0.05, 0) is 57.0 Å². The maximum absolute atomic E-state index is 15.8. The van der Waals surface area contributed by atoms with Crippen molar-refractivity contribution in [2.24, 2.45) is 0 Å². The number of amides is 2. The Labute approximate surface area is 267 Å². The van der Waals surface area contributed by atoms with Gasteiger partial charge in [0.05, 0.1) is 47.2 Å². The molecule has 2 fully saturated rings. The fraction of sp³-hybridized carbons (Fsp3) is 0.531. The first-order chi connectivity index (χ1) is 21.7. The van der Waals surface area contributed by atoms with Gasteiger partial charge >= 0.3 is 6.01 Å². The molecule has 0 N–H and O–H groups in total. The van der Waals surface area contributed by atoms with Crippen LogP contribution in [0.1, 0.15) is 42.5 Å². The van der Waals surface area contributed by atoms with Crippen molar-refractivity contribution in [1.82, 2.24) is 19.8 Å². The Morgan fingerprint density at radius 1 is 1.16 bits per heavy atom. The van der Waals surface area contributed by atoms with Gasteiger partial charge in [0, 0.05) is 51.3 Å². The lowest BCUT2D eigenvalue weighted by Gasteiger charge is -2.42. The van der Waals surface area contributed by atoms with Crippen LogP contribution in [0, 0.1) is 17.1 Å². The topological polar surface area (TPSA) is 109 Å². The average Bonchev–Trinajstić information content (AvgIpc) is 3.46. The number of likely N-dealkylation sites (N-methyl/N-ethyl adjacent to an activating group) is 1. The van der Waals surface area contributed by atoms with Gasteiger partial charge in [0.1, 0.15) is 12.4 Å². The van der Waals surface area contributed by atoms with Crippen LogP contribution in [-0.2, 0) is 29.0 Å². The third-order valence-electron chi connectivity index (χ3n) is 9.55. The third kappa shape index (κ3) is 5.91. The SMILES string of the molecule is C=CC(=O)N1CCN(c2nc(OC[C@@H]3CCCN3C)nc3c2CCN(c2c(F)c(Cl)cc4c2N(C)C(=O)CC4)C3)C[C@@H]1CC#N. The number of aryl methyl sites for hydroxylation is 1. The highest BCUT2D eigenvalue weighted by atomic mass is 35.5. The van der Waals surface area contributed by atoms with Gasteiger partial charge in [-0.1, -0.05) is 18.2 Å². The Hall–Kier alpha value is -3.95. The van der Waals surface area contributed by atoms with Crippen LogP contribution >= 0.6 is 11.6 Å². The van der Waals surface area contributed by atoms with E-state index in [-0.39, 0.29) is 47.9 Å². The summed E-state index contributed by atoms with van der Waals surface area (Å²) in [5.74, 6) is -0.113. The number of piperazine rings is 1. The molecule has 238 valence electrons. The molecule has 2 amide bonds. The van der Waals surface area contributed by atoms with Crippen LogP contribution in [0.5, 0.6) is 6.01 Å². The Kier molecular flexibility index (Phi) is 8.84. The number of carbonyl (C=O) groups excluding carboxylic acids is 2. The summed E-state index contributed by atoms with van der Waals surface area (Å²) in [5.41, 5.74) is 3.33. The summed E-state index contributed by atoms with van der Waals surface area (Å²) in [5, 5.41) is 9.55. The number of aromatic nitrogens is 2. The van der Waals surface area contributed by atoms with Crippen molar-refractivity contribution >= 4 is 40.6 Å². The zero-order chi connectivity index (χ0) is 31.8. The summed E-state index contributed by atoms with van der Waals surface area (Å²) in [6.07, 6.45) is 4.97. The minimum absolute atomic E-state index is 0.0286. The molecule has 45 heavy (non-hydrogen) atoms. The molecule has 0 radical (unpaired) electrons. The molecule has 11 nitrogen and oxygen atoms in total. The van der Waals surface area contributed by atoms with Crippen LogP contribution < -0.4 is 19.4 Å². The number of nitrogens with zero attached hydrogens (tertiary/aromatic N) is 8. The molecule has 0 aliphatic carbocycles. The number of hydrogen-bond donors (Lipinski definition) is 0. The number of rotatable bonds is 7. The first-order valence-corrected chi connectivity index (χ1v) is 15.9. The lowest BCUT2D eigenvalue weighted by atomic mass is 9.97. The quantitative estimate of drug-likeness (QED) is 0.423. The van der Waals surface area contributed by atoms with Crippen molar-refractivity contribution in [3.8, 4) is 12.1 Å². The standard InChI is InChI=1S/C32H38ClFN8O3/c1-4-26(43)42-15-14-41(17-21(42)9-11-35)31-23-10-13-40(18-25(23)36-32(37-31)45-19-22-6-5-12-38(22)2)30-28(34)24(33)16-20-7-8-27(44)39(3)29(20)30/h4,16,21-22H,1,5-10,12-15,17-19H2,2-3H3/t21-,22-/m0/s1. The molecule has 4 aliphatic rings. The van der Waals surface area contributed by atoms with E-state index in [0.717, 1.165) is 30.5 Å². The fourth-order valence-corrected chi connectivity index (χ4v) is 7.26. The highest BCUT2D eigenvalue weighted by Gasteiger charge is 2.36. The van der Waals surface area contributed by atoms with E-state index in [9.17, 15) is 14.9 Å². The van der Waals surface area contributed by atoms with Gasteiger partial charge in [-0.25, -0.2) is 4.39 Å². The van der Waals surface area contributed by atoms with Crippen LogP contribution in [0.4, 0.5) is 21.6 Å². The van der Waals surface area contributed by atoms with Crippen LogP contribution in [0.15, 0.2) is 18.7 Å². The average molecular weight is 637 g/mol.